The van der Waals surface area contributed by atoms with Crippen LogP contribution in [0.25, 0.3) is 11.4 Å². The monoisotopic (exact) mass is 251 g/mol. The van der Waals surface area contributed by atoms with Gasteiger partial charge in [-0.2, -0.15) is 5.10 Å². The first-order valence-electron chi connectivity index (χ1n) is 5.52. The summed E-state index contributed by atoms with van der Waals surface area (Å²) in [5.41, 5.74) is 0.901. The third-order valence-corrected chi connectivity index (χ3v) is 2.79. The highest BCUT2D eigenvalue weighted by Gasteiger charge is 2.10. The van der Waals surface area contributed by atoms with Crippen LogP contribution in [0.15, 0.2) is 30.6 Å². The highest BCUT2D eigenvalue weighted by molar-refractivity contribution is 6.30. The van der Waals surface area contributed by atoms with E-state index < -0.39 is 6.10 Å². The predicted molar refractivity (Wildman–Crippen MR) is 66.8 cm³/mol. The van der Waals surface area contributed by atoms with Gasteiger partial charge in [0.2, 0.25) is 0 Å². The predicted octanol–water partition coefficient (Wildman–Crippen LogP) is 2.37. The molecule has 2 rings (SSSR count). The summed E-state index contributed by atoms with van der Waals surface area (Å²) in [6.45, 7) is 2.37. The molecule has 17 heavy (non-hydrogen) atoms. The van der Waals surface area contributed by atoms with Crippen molar-refractivity contribution in [3.63, 3.8) is 0 Å². The van der Waals surface area contributed by atoms with E-state index in [2.05, 4.69) is 10.1 Å². The van der Waals surface area contributed by atoms with E-state index in [1.54, 1.807) is 4.68 Å². The molecule has 1 atom stereocenters. The Balaban J connectivity index is 2.30. The number of hydrogen-bond acceptors (Lipinski definition) is 3. The van der Waals surface area contributed by atoms with Crippen molar-refractivity contribution in [3.8, 4) is 11.4 Å². The van der Waals surface area contributed by atoms with Crippen LogP contribution < -0.4 is 0 Å². The fourth-order valence-electron chi connectivity index (χ4n) is 1.58. The molecule has 0 saturated heterocycles. The lowest BCUT2D eigenvalue weighted by Gasteiger charge is -2.10. The van der Waals surface area contributed by atoms with Crippen molar-refractivity contribution in [3.05, 3.63) is 35.6 Å². The highest BCUT2D eigenvalue weighted by atomic mass is 35.5. The summed E-state index contributed by atoms with van der Waals surface area (Å²) >= 11 is 5.94. The molecule has 0 aliphatic rings. The van der Waals surface area contributed by atoms with Crippen LogP contribution in [0.2, 0.25) is 5.02 Å². The number of rotatable bonds is 4. The molecule has 5 heteroatoms. The minimum atomic E-state index is -0.408. The number of halogens is 1. The zero-order valence-electron chi connectivity index (χ0n) is 9.55. The first-order valence-corrected chi connectivity index (χ1v) is 5.90. The first kappa shape index (κ1) is 12.1. The van der Waals surface area contributed by atoms with Gasteiger partial charge in [0, 0.05) is 10.6 Å². The SMILES string of the molecule is CC[C@H](O)Cn1ncnc1-c1cccc(Cl)c1. The van der Waals surface area contributed by atoms with Gasteiger partial charge in [-0.3, -0.25) is 0 Å². The van der Waals surface area contributed by atoms with Gasteiger partial charge < -0.3 is 5.11 Å². The van der Waals surface area contributed by atoms with Gasteiger partial charge in [0.1, 0.15) is 6.33 Å². The Morgan fingerprint density at radius 2 is 2.29 bits per heavy atom. The lowest BCUT2D eigenvalue weighted by Crippen LogP contribution is -2.16. The number of aromatic nitrogens is 3. The van der Waals surface area contributed by atoms with E-state index in [9.17, 15) is 5.11 Å². The van der Waals surface area contributed by atoms with Crippen LogP contribution in [0.5, 0.6) is 0 Å². The topological polar surface area (TPSA) is 50.9 Å². The van der Waals surface area contributed by atoms with Crippen LogP contribution in [0.4, 0.5) is 0 Å². The van der Waals surface area contributed by atoms with Crippen molar-refractivity contribution < 1.29 is 5.11 Å². The maximum absolute atomic E-state index is 9.64. The zero-order chi connectivity index (χ0) is 12.3. The molecule has 0 aliphatic carbocycles. The van der Waals surface area contributed by atoms with Gasteiger partial charge in [0.25, 0.3) is 0 Å². The molecule has 4 nitrogen and oxygen atoms in total. The van der Waals surface area contributed by atoms with Crippen molar-refractivity contribution in [1.82, 2.24) is 14.8 Å². The molecule has 0 aliphatic heterocycles. The average Bonchev–Trinajstić information content (AvgIpc) is 2.77. The second kappa shape index (κ2) is 5.29. The van der Waals surface area contributed by atoms with Crippen LogP contribution in [-0.4, -0.2) is 26.0 Å². The standard InChI is InChI=1S/C12H14ClN3O/c1-2-11(17)7-16-12(14-8-15-16)9-4-3-5-10(13)6-9/h3-6,8,11,17H,2,7H2,1H3/t11-/m0/s1. The van der Waals surface area contributed by atoms with Gasteiger partial charge in [-0.15, -0.1) is 0 Å². The Kier molecular flexibility index (Phi) is 3.76. The Labute approximate surface area is 105 Å². The minimum absolute atomic E-state index is 0.408. The fraction of sp³-hybridized carbons (Fsp3) is 0.333. The van der Waals surface area contributed by atoms with Gasteiger partial charge in [0.15, 0.2) is 5.82 Å². The molecule has 1 aromatic carbocycles. The molecule has 0 radical (unpaired) electrons. The summed E-state index contributed by atoms with van der Waals surface area (Å²) in [5, 5.41) is 14.4. The van der Waals surface area contributed by atoms with Crippen LogP contribution in [0.1, 0.15) is 13.3 Å². The summed E-state index contributed by atoms with van der Waals surface area (Å²) < 4.78 is 1.69. The molecular formula is C12H14ClN3O. The summed E-state index contributed by atoms with van der Waals surface area (Å²) in [5.74, 6) is 0.722. The Hall–Kier alpha value is -1.39. The quantitative estimate of drug-likeness (QED) is 0.908. The van der Waals surface area contributed by atoms with E-state index in [1.165, 1.54) is 6.33 Å². The molecule has 0 spiro atoms. The Bertz CT molecular complexity index is 498. The van der Waals surface area contributed by atoms with E-state index in [0.717, 1.165) is 11.4 Å². The van der Waals surface area contributed by atoms with Crippen molar-refractivity contribution >= 4 is 11.6 Å². The number of aliphatic hydroxyl groups is 1. The molecule has 0 fully saturated rings. The summed E-state index contributed by atoms with van der Waals surface area (Å²) in [7, 11) is 0. The van der Waals surface area contributed by atoms with Gasteiger partial charge >= 0.3 is 0 Å². The van der Waals surface area contributed by atoms with Gasteiger partial charge in [-0.25, -0.2) is 9.67 Å². The van der Waals surface area contributed by atoms with E-state index in [1.807, 2.05) is 31.2 Å². The summed E-state index contributed by atoms with van der Waals surface area (Å²) in [6, 6.07) is 7.44. The second-order valence-electron chi connectivity index (χ2n) is 3.84. The van der Waals surface area contributed by atoms with Crippen LogP contribution in [0, 0.1) is 0 Å². The smallest absolute Gasteiger partial charge is 0.158 e. The molecule has 1 N–H and O–H groups in total. The van der Waals surface area contributed by atoms with Crippen molar-refractivity contribution in [2.45, 2.75) is 26.0 Å². The largest absolute Gasteiger partial charge is 0.391 e. The molecular weight excluding hydrogens is 238 g/mol. The van der Waals surface area contributed by atoms with Gasteiger partial charge in [-0.1, -0.05) is 30.7 Å². The second-order valence-corrected chi connectivity index (χ2v) is 4.27. The molecule has 0 bridgehead atoms. The molecule has 1 heterocycles. The van der Waals surface area contributed by atoms with Crippen molar-refractivity contribution in [1.29, 1.82) is 0 Å². The lowest BCUT2D eigenvalue weighted by molar-refractivity contribution is 0.146. The number of aliphatic hydroxyl groups excluding tert-OH is 1. The van der Waals surface area contributed by atoms with Gasteiger partial charge in [0.05, 0.1) is 12.6 Å². The van der Waals surface area contributed by atoms with E-state index >= 15 is 0 Å². The van der Waals surface area contributed by atoms with E-state index in [0.29, 0.717) is 18.0 Å². The molecule has 90 valence electrons. The first-order chi connectivity index (χ1) is 8.20. The average molecular weight is 252 g/mol. The normalized spacial score (nSPS) is 12.6. The third kappa shape index (κ3) is 2.84. The zero-order valence-corrected chi connectivity index (χ0v) is 10.3. The van der Waals surface area contributed by atoms with E-state index in [-0.39, 0.29) is 0 Å². The Morgan fingerprint density at radius 3 is 3.00 bits per heavy atom. The highest BCUT2D eigenvalue weighted by Crippen LogP contribution is 2.20. The maximum atomic E-state index is 9.64. The molecule has 0 amide bonds. The Morgan fingerprint density at radius 1 is 1.47 bits per heavy atom. The molecule has 2 aromatic rings. The van der Waals surface area contributed by atoms with Crippen LogP contribution in [-0.2, 0) is 6.54 Å². The lowest BCUT2D eigenvalue weighted by atomic mass is 10.2. The number of hydrogen-bond donors (Lipinski definition) is 1. The molecule has 0 unspecified atom stereocenters. The van der Waals surface area contributed by atoms with Crippen molar-refractivity contribution in [2.75, 3.05) is 0 Å². The van der Waals surface area contributed by atoms with Crippen LogP contribution >= 0.6 is 11.6 Å². The molecule has 1 aromatic heterocycles. The molecule has 0 saturated carbocycles. The number of nitrogens with zero attached hydrogens (tertiary/aromatic N) is 3. The van der Waals surface area contributed by atoms with E-state index in [4.69, 9.17) is 11.6 Å². The maximum Gasteiger partial charge on any atom is 0.158 e. The summed E-state index contributed by atoms with van der Waals surface area (Å²) in [6.07, 6.45) is 1.77. The fourth-order valence-corrected chi connectivity index (χ4v) is 1.77. The van der Waals surface area contributed by atoms with Crippen molar-refractivity contribution in [2.24, 2.45) is 0 Å². The number of benzene rings is 1. The summed E-state index contributed by atoms with van der Waals surface area (Å²) in [4.78, 5) is 4.20. The van der Waals surface area contributed by atoms with Gasteiger partial charge in [-0.05, 0) is 18.6 Å². The van der Waals surface area contributed by atoms with Crippen LogP contribution in [0.3, 0.4) is 0 Å². The minimum Gasteiger partial charge on any atom is -0.391 e. The third-order valence-electron chi connectivity index (χ3n) is 2.55.